The van der Waals surface area contributed by atoms with Crippen LogP contribution in [-0.2, 0) is 10.0 Å². The number of sulfonamides is 1. The summed E-state index contributed by atoms with van der Waals surface area (Å²) in [7, 11) is -1.00. The number of ether oxygens (including phenoxy) is 2. The summed E-state index contributed by atoms with van der Waals surface area (Å²) in [6.45, 7) is 0. The van der Waals surface area contributed by atoms with E-state index in [1.54, 1.807) is 24.3 Å². The number of anilines is 1. The minimum absolute atomic E-state index is 0.00699. The maximum absolute atomic E-state index is 12.7. The first-order valence-electron chi connectivity index (χ1n) is 8.09. The summed E-state index contributed by atoms with van der Waals surface area (Å²) >= 11 is 0. The van der Waals surface area contributed by atoms with Gasteiger partial charge in [0.05, 0.1) is 30.4 Å². The zero-order valence-electron chi connectivity index (χ0n) is 14.5. The van der Waals surface area contributed by atoms with Crippen molar-refractivity contribution in [2.24, 2.45) is 0 Å². The number of nitrogens with one attached hydrogen (secondary N) is 2. The lowest BCUT2D eigenvalue weighted by atomic mass is 10.1. The molecule has 1 aliphatic rings. The van der Waals surface area contributed by atoms with E-state index in [1.807, 2.05) is 0 Å². The summed E-state index contributed by atoms with van der Waals surface area (Å²) < 4.78 is 38.2. The zero-order chi connectivity index (χ0) is 18.7. The number of amides is 1. The number of para-hydroxylation sites is 1. The van der Waals surface area contributed by atoms with Gasteiger partial charge in [-0.3, -0.25) is 9.52 Å². The Labute approximate surface area is 152 Å². The Morgan fingerprint density at radius 2 is 1.73 bits per heavy atom. The van der Waals surface area contributed by atoms with Gasteiger partial charge in [-0.1, -0.05) is 12.1 Å². The molecular formula is C18H20N2O5S. The van der Waals surface area contributed by atoms with E-state index < -0.39 is 10.0 Å². The number of rotatable bonds is 7. The third kappa shape index (κ3) is 3.91. The lowest BCUT2D eigenvalue weighted by Crippen LogP contribution is -2.27. The average Bonchev–Trinajstić information content (AvgIpc) is 3.45. The molecule has 0 heterocycles. The number of carbonyl (C=O) groups is 1. The van der Waals surface area contributed by atoms with Crippen LogP contribution in [0.4, 0.5) is 5.69 Å². The van der Waals surface area contributed by atoms with Crippen LogP contribution < -0.4 is 19.5 Å². The highest BCUT2D eigenvalue weighted by Crippen LogP contribution is 2.30. The molecule has 0 aromatic heterocycles. The fourth-order valence-corrected chi connectivity index (χ4v) is 3.54. The van der Waals surface area contributed by atoms with Crippen molar-refractivity contribution in [2.75, 3.05) is 18.9 Å². The largest absolute Gasteiger partial charge is 0.493 e. The van der Waals surface area contributed by atoms with Crippen molar-refractivity contribution in [1.29, 1.82) is 0 Å². The molecule has 138 valence electrons. The highest BCUT2D eigenvalue weighted by molar-refractivity contribution is 7.92. The van der Waals surface area contributed by atoms with Crippen LogP contribution in [0.15, 0.2) is 47.4 Å². The first kappa shape index (κ1) is 18.1. The maximum atomic E-state index is 12.7. The van der Waals surface area contributed by atoms with Crippen molar-refractivity contribution in [3.05, 3.63) is 48.0 Å². The van der Waals surface area contributed by atoms with Gasteiger partial charge < -0.3 is 14.8 Å². The molecule has 1 saturated carbocycles. The normalized spacial score (nSPS) is 13.8. The van der Waals surface area contributed by atoms with Crippen LogP contribution in [0.1, 0.15) is 23.2 Å². The lowest BCUT2D eigenvalue weighted by molar-refractivity contribution is 0.0952. The molecular weight excluding hydrogens is 356 g/mol. The molecule has 26 heavy (non-hydrogen) atoms. The summed E-state index contributed by atoms with van der Waals surface area (Å²) in [6, 6.07) is 11.0. The van der Waals surface area contributed by atoms with Crippen molar-refractivity contribution >= 4 is 21.6 Å². The van der Waals surface area contributed by atoms with E-state index in [1.165, 1.54) is 32.4 Å². The highest BCUT2D eigenvalue weighted by atomic mass is 32.2. The number of carbonyl (C=O) groups excluding carboxylic acids is 1. The average molecular weight is 376 g/mol. The Morgan fingerprint density at radius 3 is 2.38 bits per heavy atom. The van der Waals surface area contributed by atoms with Gasteiger partial charge in [-0.05, 0) is 37.1 Å². The smallest absolute Gasteiger partial charge is 0.262 e. The number of methoxy groups -OCH3 is 2. The van der Waals surface area contributed by atoms with E-state index in [2.05, 4.69) is 10.0 Å². The molecule has 0 spiro atoms. The van der Waals surface area contributed by atoms with Crippen LogP contribution >= 0.6 is 0 Å². The van der Waals surface area contributed by atoms with Crippen LogP contribution in [0.25, 0.3) is 0 Å². The second-order valence-corrected chi connectivity index (χ2v) is 7.60. The molecule has 1 aliphatic carbocycles. The number of hydrogen-bond donors (Lipinski definition) is 2. The van der Waals surface area contributed by atoms with Crippen molar-refractivity contribution < 1.29 is 22.7 Å². The zero-order valence-corrected chi connectivity index (χ0v) is 15.3. The summed E-state index contributed by atoms with van der Waals surface area (Å²) in [4.78, 5) is 12.3. The number of hydrogen-bond acceptors (Lipinski definition) is 5. The third-order valence-electron chi connectivity index (χ3n) is 3.99. The van der Waals surface area contributed by atoms with Gasteiger partial charge in [0.2, 0.25) is 0 Å². The molecule has 2 aromatic rings. The topological polar surface area (TPSA) is 93.7 Å². The summed E-state index contributed by atoms with van der Waals surface area (Å²) in [5.41, 5.74) is 0.504. The van der Waals surface area contributed by atoms with Gasteiger partial charge in [0, 0.05) is 12.1 Å². The van der Waals surface area contributed by atoms with Crippen molar-refractivity contribution in [1.82, 2.24) is 5.32 Å². The van der Waals surface area contributed by atoms with Crippen molar-refractivity contribution in [3.63, 3.8) is 0 Å². The first-order chi connectivity index (χ1) is 12.4. The summed E-state index contributed by atoms with van der Waals surface area (Å²) in [6.07, 6.45) is 1.90. The molecule has 0 aliphatic heterocycles. The monoisotopic (exact) mass is 376 g/mol. The molecule has 7 nitrogen and oxygen atoms in total. The molecule has 0 atom stereocenters. The van der Waals surface area contributed by atoms with Crippen LogP contribution in [0.5, 0.6) is 11.5 Å². The Balaban J connectivity index is 1.89. The second-order valence-electron chi connectivity index (χ2n) is 5.92. The standard InChI is InChI=1S/C18H20N2O5S/c1-24-16-10-9-13(11-17(16)25-2)26(22,23)20-15-6-4-3-5-14(15)18(21)19-12-7-8-12/h3-6,9-12,20H,7-8H2,1-2H3,(H,19,21). The molecule has 1 amide bonds. The van der Waals surface area contributed by atoms with Crippen LogP contribution in [0.3, 0.4) is 0 Å². The first-order valence-corrected chi connectivity index (χ1v) is 9.57. The molecule has 0 saturated heterocycles. The molecule has 0 unspecified atom stereocenters. The molecule has 8 heteroatoms. The minimum Gasteiger partial charge on any atom is -0.493 e. The maximum Gasteiger partial charge on any atom is 0.262 e. The van der Waals surface area contributed by atoms with Gasteiger partial charge in [-0.25, -0.2) is 8.42 Å². The van der Waals surface area contributed by atoms with Gasteiger partial charge in [-0.2, -0.15) is 0 Å². The minimum atomic E-state index is -3.91. The predicted molar refractivity (Wildman–Crippen MR) is 97.3 cm³/mol. The Hall–Kier alpha value is -2.74. The van der Waals surface area contributed by atoms with E-state index in [-0.39, 0.29) is 28.1 Å². The fraction of sp³-hybridized carbons (Fsp3) is 0.278. The van der Waals surface area contributed by atoms with Gasteiger partial charge >= 0.3 is 0 Å². The second kappa shape index (κ2) is 7.25. The van der Waals surface area contributed by atoms with E-state index in [0.717, 1.165) is 12.8 Å². The quantitative estimate of drug-likeness (QED) is 0.774. The lowest BCUT2D eigenvalue weighted by Gasteiger charge is -2.14. The van der Waals surface area contributed by atoms with E-state index >= 15 is 0 Å². The molecule has 3 rings (SSSR count). The van der Waals surface area contributed by atoms with Crippen LogP contribution in [0.2, 0.25) is 0 Å². The molecule has 0 bridgehead atoms. The van der Waals surface area contributed by atoms with E-state index in [9.17, 15) is 13.2 Å². The molecule has 2 aromatic carbocycles. The third-order valence-corrected chi connectivity index (χ3v) is 5.36. The van der Waals surface area contributed by atoms with Gasteiger partial charge in [0.25, 0.3) is 15.9 Å². The fourth-order valence-electron chi connectivity index (χ4n) is 2.45. The van der Waals surface area contributed by atoms with E-state index in [4.69, 9.17) is 9.47 Å². The molecule has 1 fully saturated rings. The Kier molecular flexibility index (Phi) is 5.03. The van der Waals surface area contributed by atoms with Gasteiger partial charge in [0.1, 0.15) is 0 Å². The van der Waals surface area contributed by atoms with E-state index in [0.29, 0.717) is 11.5 Å². The van der Waals surface area contributed by atoms with Gasteiger partial charge in [-0.15, -0.1) is 0 Å². The summed E-state index contributed by atoms with van der Waals surface area (Å²) in [5, 5.41) is 2.86. The molecule has 2 N–H and O–H groups in total. The Bertz CT molecular complexity index is 923. The number of benzene rings is 2. The van der Waals surface area contributed by atoms with Crippen LogP contribution in [0, 0.1) is 0 Å². The predicted octanol–water partition coefficient (Wildman–Crippen LogP) is 2.40. The van der Waals surface area contributed by atoms with Gasteiger partial charge in [0.15, 0.2) is 11.5 Å². The van der Waals surface area contributed by atoms with Crippen molar-refractivity contribution in [3.8, 4) is 11.5 Å². The molecule has 0 radical (unpaired) electrons. The Morgan fingerprint density at radius 1 is 1.04 bits per heavy atom. The van der Waals surface area contributed by atoms with Crippen LogP contribution in [-0.4, -0.2) is 34.6 Å². The van der Waals surface area contributed by atoms with Crippen molar-refractivity contribution in [2.45, 2.75) is 23.8 Å². The summed E-state index contributed by atoms with van der Waals surface area (Å²) in [5.74, 6) is 0.434. The highest BCUT2D eigenvalue weighted by Gasteiger charge is 2.26. The SMILES string of the molecule is COc1ccc(S(=O)(=O)Nc2ccccc2C(=O)NC2CC2)cc1OC.